The van der Waals surface area contributed by atoms with Gasteiger partial charge in [-0.05, 0) is 44.5 Å². The Morgan fingerprint density at radius 1 is 1.18 bits per heavy atom. The Bertz CT molecular complexity index is 461. The van der Waals surface area contributed by atoms with E-state index in [1.165, 1.54) is 22.3 Å². The lowest BCUT2D eigenvalue weighted by molar-refractivity contribution is 0.00823. The number of aliphatic hydroxyl groups excluding tert-OH is 1. The van der Waals surface area contributed by atoms with Crippen molar-refractivity contribution in [2.75, 3.05) is 46.4 Å². The van der Waals surface area contributed by atoms with Crippen LogP contribution in [0.4, 0.5) is 0 Å². The van der Waals surface area contributed by atoms with Crippen molar-refractivity contribution in [3.8, 4) is 0 Å². The number of aliphatic hydroxyl groups is 1. The smallest absolute Gasteiger partial charge is 0.0793 e. The summed E-state index contributed by atoms with van der Waals surface area (Å²) >= 11 is 0. The third-order valence-corrected chi connectivity index (χ3v) is 4.36. The first-order chi connectivity index (χ1) is 10.5. The van der Waals surface area contributed by atoms with E-state index in [0.717, 1.165) is 39.4 Å². The van der Waals surface area contributed by atoms with Crippen molar-refractivity contribution in [2.24, 2.45) is 0 Å². The van der Waals surface area contributed by atoms with E-state index in [1.54, 1.807) is 0 Å². The molecule has 0 spiro atoms. The molecule has 0 aliphatic carbocycles. The fraction of sp³-hybridized carbons (Fsp3) is 0.667. The van der Waals surface area contributed by atoms with Crippen LogP contribution in [0.15, 0.2) is 12.1 Å². The molecule has 4 heteroatoms. The van der Waals surface area contributed by atoms with Gasteiger partial charge >= 0.3 is 0 Å². The topological polar surface area (TPSA) is 35.9 Å². The molecule has 2 rings (SSSR count). The molecule has 1 fully saturated rings. The molecule has 1 aliphatic heterocycles. The number of benzene rings is 1. The van der Waals surface area contributed by atoms with Gasteiger partial charge in [-0.2, -0.15) is 0 Å². The molecule has 0 radical (unpaired) electrons. The van der Waals surface area contributed by atoms with Gasteiger partial charge in [-0.3, -0.25) is 9.80 Å². The van der Waals surface area contributed by atoms with Crippen molar-refractivity contribution in [1.82, 2.24) is 9.80 Å². The van der Waals surface area contributed by atoms with Crippen LogP contribution >= 0.6 is 0 Å². The zero-order valence-corrected chi connectivity index (χ0v) is 14.4. The second-order valence-corrected chi connectivity index (χ2v) is 6.64. The first kappa shape index (κ1) is 17.4. The third-order valence-electron chi connectivity index (χ3n) is 4.36. The lowest BCUT2D eigenvalue weighted by Gasteiger charge is -2.30. The van der Waals surface area contributed by atoms with E-state index in [0.29, 0.717) is 6.54 Å². The molecule has 1 atom stereocenters. The second kappa shape index (κ2) is 8.06. The predicted molar refractivity (Wildman–Crippen MR) is 90.3 cm³/mol. The molecule has 1 aromatic carbocycles. The van der Waals surface area contributed by atoms with Gasteiger partial charge in [0.15, 0.2) is 0 Å². The van der Waals surface area contributed by atoms with Gasteiger partial charge in [0.1, 0.15) is 0 Å². The fourth-order valence-electron chi connectivity index (χ4n) is 3.29. The van der Waals surface area contributed by atoms with Crippen molar-refractivity contribution in [3.63, 3.8) is 0 Å². The van der Waals surface area contributed by atoms with E-state index in [2.05, 4.69) is 49.8 Å². The molecule has 124 valence electrons. The minimum absolute atomic E-state index is 0.311. The number of hydrogen-bond acceptors (Lipinski definition) is 4. The van der Waals surface area contributed by atoms with Gasteiger partial charge in [0.2, 0.25) is 0 Å². The molecule has 0 bridgehead atoms. The van der Waals surface area contributed by atoms with Gasteiger partial charge in [-0.1, -0.05) is 17.7 Å². The van der Waals surface area contributed by atoms with E-state index < -0.39 is 0 Å². The quantitative estimate of drug-likeness (QED) is 0.868. The largest absolute Gasteiger partial charge is 0.390 e. The van der Waals surface area contributed by atoms with Crippen LogP contribution in [0.3, 0.4) is 0 Å². The van der Waals surface area contributed by atoms with Crippen LogP contribution in [-0.4, -0.2) is 67.5 Å². The highest BCUT2D eigenvalue weighted by molar-refractivity contribution is 5.37. The molecule has 1 aromatic rings. The highest BCUT2D eigenvalue weighted by atomic mass is 16.5. The Morgan fingerprint density at radius 2 is 1.77 bits per heavy atom. The SMILES string of the molecule is Cc1cc(C)c(CN(C)CC(O)CN2CCOCC2)c(C)c1. The molecule has 1 unspecified atom stereocenters. The summed E-state index contributed by atoms with van der Waals surface area (Å²) in [5.41, 5.74) is 5.37. The van der Waals surface area contributed by atoms with Gasteiger partial charge < -0.3 is 9.84 Å². The highest BCUT2D eigenvalue weighted by Crippen LogP contribution is 2.18. The average Bonchev–Trinajstić information content (AvgIpc) is 2.43. The predicted octanol–water partition coefficient (Wildman–Crippen LogP) is 1.74. The van der Waals surface area contributed by atoms with Crippen LogP contribution in [0.5, 0.6) is 0 Å². The molecule has 1 aliphatic rings. The van der Waals surface area contributed by atoms with Crippen LogP contribution in [0.25, 0.3) is 0 Å². The van der Waals surface area contributed by atoms with Crippen molar-refractivity contribution >= 4 is 0 Å². The number of likely N-dealkylation sites (N-methyl/N-ethyl adjacent to an activating group) is 1. The fourth-order valence-corrected chi connectivity index (χ4v) is 3.29. The number of ether oxygens (including phenoxy) is 1. The summed E-state index contributed by atoms with van der Waals surface area (Å²) in [5, 5.41) is 10.3. The van der Waals surface area contributed by atoms with Gasteiger partial charge in [-0.15, -0.1) is 0 Å². The van der Waals surface area contributed by atoms with Crippen LogP contribution in [0.1, 0.15) is 22.3 Å². The van der Waals surface area contributed by atoms with Crippen LogP contribution in [0.2, 0.25) is 0 Å². The number of hydrogen-bond donors (Lipinski definition) is 1. The van der Waals surface area contributed by atoms with Crippen molar-refractivity contribution < 1.29 is 9.84 Å². The van der Waals surface area contributed by atoms with Gasteiger partial charge in [-0.25, -0.2) is 0 Å². The number of morpholine rings is 1. The summed E-state index contributed by atoms with van der Waals surface area (Å²) in [6.45, 7) is 12.2. The monoisotopic (exact) mass is 306 g/mol. The Morgan fingerprint density at radius 3 is 2.36 bits per heavy atom. The molecule has 4 nitrogen and oxygen atoms in total. The zero-order valence-electron chi connectivity index (χ0n) is 14.4. The van der Waals surface area contributed by atoms with Crippen molar-refractivity contribution in [2.45, 2.75) is 33.4 Å². The van der Waals surface area contributed by atoms with Crippen LogP contribution in [-0.2, 0) is 11.3 Å². The zero-order chi connectivity index (χ0) is 16.1. The molecule has 0 amide bonds. The molecular weight excluding hydrogens is 276 g/mol. The minimum Gasteiger partial charge on any atom is -0.390 e. The average molecular weight is 306 g/mol. The summed E-state index contributed by atoms with van der Waals surface area (Å²) in [6.07, 6.45) is -0.311. The Kier molecular flexibility index (Phi) is 6.38. The number of aryl methyl sites for hydroxylation is 3. The molecule has 1 heterocycles. The summed E-state index contributed by atoms with van der Waals surface area (Å²) in [7, 11) is 2.08. The molecule has 0 aromatic heterocycles. The normalized spacial score (nSPS) is 17.9. The summed E-state index contributed by atoms with van der Waals surface area (Å²) in [5.74, 6) is 0. The lowest BCUT2D eigenvalue weighted by atomic mass is 9.99. The van der Waals surface area contributed by atoms with E-state index in [9.17, 15) is 5.11 Å². The molecule has 22 heavy (non-hydrogen) atoms. The van der Waals surface area contributed by atoms with Crippen molar-refractivity contribution in [1.29, 1.82) is 0 Å². The minimum atomic E-state index is -0.311. The van der Waals surface area contributed by atoms with Gasteiger partial charge in [0.05, 0.1) is 19.3 Å². The van der Waals surface area contributed by atoms with E-state index in [4.69, 9.17) is 4.74 Å². The first-order valence-corrected chi connectivity index (χ1v) is 8.19. The molecule has 1 N–H and O–H groups in total. The summed E-state index contributed by atoms with van der Waals surface area (Å²) in [4.78, 5) is 4.50. The molecular formula is C18H30N2O2. The van der Waals surface area contributed by atoms with E-state index in [1.807, 2.05) is 0 Å². The number of nitrogens with zero attached hydrogens (tertiary/aromatic N) is 2. The Hall–Kier alpha value is -0.940. The maximum atomic E-state index is 10.3. The maximum absolute atomic E-state index is 10.3. The molecule has 0 saturated carbocycles. The Balaban J connectivity index is 1.85. The van der Waals surface area contributed by atoms with E-state index in [-0.39, 0.29) is 6.10 Å². The van der Waals surface area contributed by atoms with Crippen molar-refractivity contribution in [3.05, 3.63) is 34.4 Å². The maximum Gasteiger partial charge on any atom is 0.0793 e. The van der Waals surface area contributed by atoms with Gasteiger partial charge in [0.25, 0.3) is 0 Å². The lowest BCUT2D eigenvalue weighted by Crippen LogP contribution is -2.44. The number of rotatable bonds is 6. The Labute approximate surface area is 134 Å². The summed E-state index contributed by atoms with van der Waals surface area (Å²) < 4.78 is 5.34. The van der Waals surface area contributed by atoms with Crippen LogP contribution < -0.4 is 0 Å². The number of β-amino-alcohol motifs (C(OH)–C–C–N with tert-alkyl or cyclic N) is 1. The third kappa shape index (κ3) is 5.06. The highest BCUT2D eigenvalue weighted by Gasteiger charge is 2.17. The van der Waals surface area contributed by atoms with Crippen LogP contribution in [0, 0.1) is 20.8 Å². The van der Waals surface area contributed by atoms with Gasteiger partial charge in [0, 0.05) is 32.7 Å². The molecule has 1 saturated heterocycles. The van der Waals surface area contributed by atoms with E-state index >= 15 is 0 Å². The standard InChI is InChI=1S/C18H30N2O2/c1-14-9-15(2)18(16(3)10-14)13-19(4)11-17(21)12-20-5-7-22-8-6-20/h9-10,17,21H,5-8,11-13H2,1-4H3. The second-order valence-electron chi connectivity index (χ2n) is 6.64. The summed E-state index contributed by atoms with van der Waals surface area (Å²) in [6, 6.07) is 4.47. The first-order valence-electron chi connectivity index (χ1n) is 8.19.